The third-order valence-electron chi connectivity index (χ3n) is 6.12. The molecule has 3 nitrogen and oxygen atoms in total. The van der Waals surface area contributed by atoms with E-state index in [1.807, 2.05) is 17.4 Å². The normalized spacial score (nSPS) is 12.8. The van der Waals surface area contributed by atoms with Crippen molar-refractivity contribution in [2.75, 3.05) is 0 Å². The number of thiophene rings is 1. The third kappa shape index (κ3) is 1.85. The Balaban J connectivity index is 1.72. The van der Waals surface area contributed by atoms with Gasteiger partial charge in [-0.05, 0) is 31.2 Å². The molecule has 0 amide bonds. The van der Waals surface area contributed by atoms with E-state index in [1.165, 1.54) is 36.6 Å². The molecule has 0 saturated heterocycles. The molecule has 3 aromatic carbocycles. The zero-order valence-corrected chi connectivity index (χ0v) is 16.8. The van der Waals surface area contributed by atoms with Gasteiger partial charge in [0.15, 0.2) is 6.20 Å². The highest BCUT2D eigenvalue weighted by molar-refractivity contribution is 7.26. The van der Waals surface area contributed by atoms with Crippen LogP contribution in [0, 0.1) is 6.92 Å². The van der Waals surface area contributed by atoms with Crippen molar-refractivity contribution in [2.45, 2.75) is 6.92 Å². The minimum absolute atomic E-state index is 0.894. The molecule has 0 aliphatic carbocycles. The maximum absolute atomic E-state index is 6.54. The summed E-state index contributed by atoms with van der Waals surface area (Å²) in [5.74, 6) is 1.82. The molecule has 1 aliphatic heterocycles. The molecule has 0 spiro atoms. The van der Waals surface area contributed by atoms with E-state index in [9.17, 15) is 0 Å². The van der Waals surface area contributed by atoms with E-state index in [2.05, 4.69) is 67.2 Å². The quantitative estimate of drug-likeness (QED) is 0.263. The van der Waals surface area contributed by atoms with Gasteiger partial charge in [-0.2, -0.15) is 0 Å². The van der Waals surface area contributed by atoms with Gasteiger partial charge >= 0.3 is 0 Å². The molecule has 0 unspecified atom stereocenters. The fraction of sp³-hybridized carbons (Fsp3) is 0.0800. The van der Waals surface area contributed by atoms with Crippen molar-refractivity contribution in [2.24, 2.45) is 7.05 Å². The molecule has 6 aromatic rings. The predicted octanol–water partition coefficient (Wildman–Crippen LogP) is 6.86. The molecule has 0 bridgehead atoms. The standard InChI is InChI=1S/C25H16NO2S/c1-13-21-18(11-14-8-10-27-24(13)14)28-19-12-17-15-5-3-4-6-20(15)29-25(17)16-7-9-26(2)23(21)22(16)19/h3-12H,1-2H3/q+1. The van der Waals surface area contributed by atoms with Gasteiger partial charge in [-0.3, -0.25) is 0 Å². The number of rotatable bonds is 0. The summed E-state index contributed by atoms with van der Waals surface area (Å²) in [6.07, 6.45) is 3.91. The molecular weight excluding hydrogens is 378 g/mol. The highest BCUT2D eigenvalue weighted by Crippen LogP contribution is 2.51. The predicted molar refractivity (Wildman–Crippen MR) is 118 cm³/mol. The summed E-state index contributed by atoms with van der Waals surface area (Å²) < 4.78 is 17.1. The van der Waals surface area contributed by atoms with E-state index in [0.717, 1.165) is 33.6 Å². The van der Waals surface area contributed by atoms with Gasteiger partial charge in [-0.15, -0.1) is 11.3 Å². The van der Waals surface area contributed by atoms with Gasteiger partial charge in [0, 0.05) is 42.6 Å². The number of nitrogens with zero attached hydrogens (tertiary/aromatic N) is 1. The Morgan fingerprint density at radius 2 is 1.83 bits per heavy atom. The summed E-state index contributed by atoms with van der Waals surface area (Å²) in [6, 6.07) is 17.1. The summed E-state index contributed by atoms with van der Waals surface area (Å²) >= 11 is 1.86. The number of fused-ring (bicyclic) bond motifs is 7. The van der Waals surface area contributed by atoms with Crippen LogP contribution in [0.1, 0.15) is 5.56 Å². The Hall–Kier alpha value is -3.37. The summed E-state index contributed by atoms with van der Waals surface area (Å²) in [6.45, 7) is 2.12. The molecule has 0 atom stereocenters. The van der Waals surface area contributed by atoms with Crippen LogP contribution in [0.25, 0.3) is 53.2 Å². The Bertz CT molecular complexity index is 1650. The zero-order chi connectivity index (χ0) is 19.3. The Kier molecular flexibility index (Phi) is 2.76. The molecule has 0 N–H and O–H groups in total. The first-order chi connectivity index (χ1) is 14.2. The van der Waals surface area contributed by atoms with Crippen molar-refractivity contribution in [1.29, 1.82) is 0 Å². The van der Waals surface area contributed by atoms with E-state index in [1.54, 1.807) is 6.26 Å². The molecule has 3 aromatic heterocycles. The molecule has 0 radical (unpaired) electrons. The molecule has 7 rings (SSSR count). The van der Waals surface area contributed by atoms with Crippen molar-refractivity contribution < 1.29 is 13.7 Å². The van der Waals surface area contributed by atoms with Gasteiger partial charge < -0.3 is 9.15 Å². The Morgan fingerprint density at radius 1 is 0.931 bits per heavy atom. The number of aryl methyl sites for hydroxylation is 2. The molecule has 4 heterocycles. The molecule has 0 fully saturated rings. The van der Waals surface area contributed by atoms with Gasteiger partial charge in [0.25, 0.3) is 0 Å². The number of ether oxygens (including phenoxy) is 1. The Labute approximate surface area is 170 Å². The van der Waals surface area contributed by atoms with Gasteiger partial charge in [0.05, 0.1) is 17.2 Å². The van der Waals surface area contributed by atoms with Crippen LogP contribution in [-0.2, 0) is 7.05 Å². The van der Waals surface area contributed by atoms with Crippen molar-refractivity contribution in [3.63, 3.8) is 0 Å². The van der Waals surface area contributed by atoms with Crippen LogP contribution < -0.4 is 9.30 Å². The fourth-order valence-electron chi connectivity index (χ4n) is 4.82. The summed E-state index contributed by atoms with van der Waals surface area (Å²) in [5.41, 5.74) is 4.35. The van der Waals surface area contributed by atoms with Gasteiger partial charge in [0.1, 0.15) is 24.1 Å². The second-order valence-electron chi connectivity index (χ2n) is 7.73. The van der Waals surface area contributed by atoms with Crippen LogP contribution >= 0.6 is 11.3 Å². The lowest BCUT2D eigenvalue weighted by atomic mass is 9.93. The van der Waals surface area contributed by atoms with Gasteiger partial charge in [0.2, 0.25) is 5.69 Å². The maximum Gasteiger partial charge on any atom is 0.228 e. The molecule has 0 saturated carbocycles. The average Bonchev–Trinajstić information content (AvgIpc) is 3.34. The monoisotopic (exact) mass is 394 g/mol. The van der Waals surface area contributed by atoms with Crippen LogP contribution in [0.4, 0.5) is 0 Å². The van der Waals surface area contributed by atoms with E-state index < -0.39 is 0 Å². The average molecular weight is 394 g/mol. The van der Waals surface area contributed by atoms with Crippen molar-refractivity contribution in [3.05, 3.63) is 66.6 Å². The van der Waals surface area contributed by atoms with E-state index in [0.29, 0.717) is 0 Å². The first-order valence-corrected chi connectivity index (χ1v) is 10.5. The first kappa shape index (κ1) is 15.5. The largest absolute Gasteiger partial charge is 0.464 e. The smallest absolute Gasteiger partial charge is 0.228 e. The highest BCUT2D eigenvalue weighted by Gasteiger charge is 2.32. The number of hydrogen-bond donors (Lipinski definition) is 0. The summed E-state index contributed by atoms with van der Waals surface area (Å²) in [4.78, 5) is 0. The van der Waals surface area contributed by atoms with E-state index >= 15 is 0 Å². The maximum atomic E-state index is 6.54. The second-order valence-corrected chi connectivity index (χ2v) is 8.78. The minimum atomic E-state index is 0.894. The topological polar surface area (TPSA) is 26.2 Å². The minimum Gasteiger partial charge on any atom is -0.464 e. The second kappa shape index (κ2) is 5.16. The zero-order valence-electron chi connectivity index (χ0n) is 15.9. The fourth-order valence-corrected chi connectivity index (χ4v) is 6.04. The molecule has 4 heteroatoms. The lowest BCUT2D eigenvalue weighted by Gasteiger charge is -2.21. The summed E-state index contributed by atoms with van der Waals surface area (Å²) in [5, 5.41) is 6.04. The number of furan rings is 1. The molecule has 138 valence electrons. The van der Waals surface area contributed by atoms with E-state index in [4.69, 9.17) is 9.15 Å². The lowest BCUT2D eigenvalue weighted by Crippen LogP contribution is -2.31. The number of pyridine rings is 1. The summed E-state index contributed by atoms with van der Waals surface area (Å²) in [7, 11) is 2.11. The van der Waals surface area contributed by atoms with Crippen LogP contribution in [0.3, 0.4) is 0 Å². The van der Waals surface area contributed by atoms with Crippen LogP contribution in [0.15, 0.2) is 65.4 Å². The molecular formula is C25H16NO2S+. The van der Waals surface area contributed by atoms with E-state index in [-0.39, 0.29) is 0 Å². The van der Waals surface area contributed by atoms with Gasteiger partial charge in [-0.25, -0.2) is 4.57 Å². The van der Waals surface area contributed by atoms with Crippen LogP contribution in [0.2, 0.25) is 0 Å². The third-order valence-corrected chi connectivity index (χ3v) is 7.34. The van der Waals surface area contributed by atoms with Crippen molar-refractivity contribution in [3.8, 4) is 22.8 Å². The number of benzene rings is 3. The van der Waals surface area contributed by atoms with Gasteiger partial charge in [-0.1, -0.05) is 18.2 Å². The van der Waals surface area contributed by atoms with Crippen LogP contribution in [-0.4, -0.2) is 0 Å². The molecule has 1 aliphatic rings. The molecule has 29 heavy (non-hydrogen) atoms. The van der Waals surface area contributed by atoms with Crippen molar-refractivity contribution >= 4 is 53.3 Å². The SMILES string of the molecule is Cc1c2c(cc3ccoc13)Oc1cc3c4ccccc4sc3c3cc[n+](C)c-2c13. The highest BCUT2D eigenvalue weighted by atomic mass is 32.1. The Morgan fingerprint density at radius 3 is 2.76 bits per heavy atom. The first-order valence-electron chi connectivity index (χ1n) is 9.66. The number of hydrogen-bond acceptors (Lipinski definition) is 3. The van der Waals surface area contributed by atoms with Crippen LogP contribution in [0.5, 0.6) is 11.5 Å². The van der Waals surface area contributed by atoms with Crippen molar-refractivity contribution in [1.82, 2.24) is 0 Å². The number of aromatic nitrogens is 1. The lowest BCUT2D eigenvalue weighted by molar-refractivity contribution is -0.659.